The van der Waals surface area contributed by atoms with Crippen LogP contribution < -0.4 is 9.62 Å². The van der Waals surface area contributed by atoms with Crippen LogP contribution in [0.5, 0.6) is 0 Å². The van der Waals surface area contributed by atoms with Gasteiger partial charge in [-0.1, -0.05) is 49.7 Å². The minimum atomic E-state index is -4.00. The van der Waals surface area contributed by atoms with Crippen molar-refractivity contribution in [3.63, 3.8) is 0 Å². The third-order valence-corrected chi connectivity index (χ3v) is 6.83. The average Bonchev–Trinajstić information content (AvgIpc) is 2.78. The van der Waals surface area contributed by atoms with Crippen LogP contribution in [0.4, 0.5) is 10.1 Å². The maximum Gasteiger partial charge on any atom is 0.244 e. The predicted molar refractivity (Wildman–Crippen MR) is 133 cm³/mol. The van der Waals surface area contributed by atoms with Gasteiger partial charge in [-0.15, -0.1) is 0 Å². The molecule has 0 heterocycles. The van der Waals surface area contributed by atoms with E-state index in [0.717, 1.165) is 16.6 Å². The van der Waals surface area contributed by atoms with Crippen molar-refractivity contribution in [3.8, 4) is 0 Å². The Hall–Kier alpha value is -2.65. The highest BCUT2D eigenvalue weighted by Crippen LogP contribution is 2.23. The lowest BCUT2D eigenvalue weighted by atomic mass is 10.1. The third-order valence-electron chi connectivity index (χ3n) is 5.45. The first-order chi connectivity index (χ1) is 16.0. The fourth-order valence-corrected chi connectivity index (χ4v) is 4.37. The molecule has 186 valence electrons. The molecule has 7 nitrogen and oxygen atoms in total. The van der Waals surface area contributed by atoms with E-state index in [4.69, 9.17) is 11.6 Å². The fourth-order valence-electron chi connectivity index (χ4n) is 3.40. The normalized spacial score (nSPS) is 13.1. The number of benzene rings is 2. The summed E-state index contributed by atoms with van der Waals surface area (Å²) in [6, 6.07) is 11.2. The molecular formula is C24H31ClFN3O4S. The third kappa shape index (κ3) is 7.43. The molecule has 0 aromatic heterocycles. The number of nitrogens with one attached hydrogen (secondary N) is 1. The minimum absolute atomic E-state index is 0.0529. The molecule has 2 atom stereocenters. The van der Waals surface area contributed by atoms with Gasteiger partial charge in [0.25, 0.3) is 0 Å². The van der Waals surface area contributed by atoms with Gasteiger partial charge >= 0.3 is 0 Å². The molecule has 0 saturated heterocycles. The maximum atomic E-state index is 14.4. The first kappa shape index (κ1) is 27.6. The smallest absolute Gasteiger partial charge is 0.244 e. The summed E-state index contributed by atoms with van der Waals surface area (Å²) in [7, 11) is -4.00. The Kier molecular flexibility index (Phi) is 9.88. The number of anilines is 1. The Morgan fingerprint density at radius 3 is 2.21 bits per heavy atom. The number of rotatable bonds is 11. The van der Waals surface area contributed by atoms with E-state index >= 15 is 0 Å². The van der Waals surface area contributed by atoms with E-state index < -0.39 is 34.3 Å². The van der Waals surface area contributed by atoms with Crippen LogP contribution in [-0.4, -0.2) is 50.0 Å². The zero-order valence-corrected chi connectivity index (χ0v) is 21.4. The summed E-state index contributed by atoms with van der Waals surface area (Å²) in [6.45, 7) is 4.96. The Labute approximate surface area is 205 Å². The van der Waals surface area contributed by atoms with Crippen molar-refractivity contribution in [2.75, 3.05) is 17.1 Å². The topological polar surface area (TPSA) is 86.8 Å². The molecule has 2 aromatic carbocycles. The van der Waals surface area contributed by atoms with Gasteiger partial charge in [0, 0.05) is 17.6 Å². The van der Waals surface area contributed by atoms with E-state index in [9.17, 15) is 22.4 Å². The zero-order chi connectivity index (χ0) is 25.5. The number of hydrogen-bond donors (Lipinski definition) is 1. The van der Waals surface area contributed by atoms with Crippen LogP contribution in [-0.2, 0) is 26.2 Å². The van der Waals surface area contributed by atoms with Crippen molar-refractivity contribution in [1.29, 1.82) is 0 Å². The molecule has 34 heavy (non-hydrogen) atoms. The van der Waals surface area contributed by atoms with E-state index in [-0.39, 0.29) is 24.2 Å². The molecule has 0 radical (unpaired) electrons. The first-order valence-corrected chi connectivity index (χ1v) is 13.3. The standard InChI is InChI=1S/C24H31ClFN3O4S/c1-5-17(3)27-24(31)21(6-2)28(15-18-11-13-19(25)14-12-18)23(30)16-29(34(4,32)33)22-10-8-7-9-20(22)26/h7-14,17,21H,5-6,15-16H2,1-4H3,(H,27,31)/t17-,21+/m1/s1. The molecule has 1 N–H and O–H groups in total. The predicted octanol–water partition coefficient (Wildman–Crippen LogP) is 3.97. The molecular weight excluding hydrogens is 481 g/mol. The number of hydrogen-bond acceptors (Lipinski definition) is 4. The zero-order valence-electron chi connectivity index (χ0n) is 19.8. The first-order valence-electron chi connectivity index (χ1n) is 11.0. The quantitative estimate of drug-likeness (QED) is 0.494. The average molecular weight is 512 g/mol. The van der Waals surface area contributed by atoms with E-state index in [1.165, 1.54) is 23.1 Å². The number of sulfonamides is 1. The van der Waals surface area contributed by atoms with Crippen LogP contribution in [0, 0.1) is 5.82 Å². The second-order valence-electron chi connectivity index (χ2n) is 8.11. The molecule has 0 spiro atoms. The van der Waals surface area contributed by atoms with E-state index in [1.807, 2.05) is 13.8 Å². The van der Waals surface area contributed by atoms with Gasteiger partial charge in [0.2, 0.25) is 21.8 Å². The summed E-state index contributed by atoms with van der Waals surface area (Å²) in [4.78, 5) is 27.9. The van der Waals surface area contributed by atoms with Crippen LogP contribution in [0.3, 0.4) is 0 Å². The maximum absolute atomic E-state index is 14.4. The minimum Gasteiger partial charge on any atom is -0.352 e. The van der Waals surface area contributed by atoms with Crippen LogP contribution >= 0.6 is 11.6 Å². The molecule has 0 bridgehead atoms. The molecule has 0 aliphatic carbocycles. The van der Waals surface area contributed by atoms with Gasteiger partial charge in [0.05, 0.1) is 11.9 Å². The van der Waals surface area contributed by atoms with Crippen molar-refractivity contribution in [3.05, 3.63) is 64.9 Å². The summed E-state index contributed by atoms with van der Waals surface area (Å²) >= 11 is 5.97. The molecule has 0 aliphatic heterocycles. The summed E-state index contributed by atoms with van der Waals surface area (Å²) in [5, 5.41) is 3.41. The van der Waals surface area contributed by atoms with E-state index in [2.05, 4.69) is 5.32 Å². The highest BCUT2D eigenvalue weighted by atomic mass is 35.5. The second-order valence-corrected chi connectivity index (χ2v) is 10.5. The highest BCUT2D eigenvalue weighted by Gasteiger charge is 2.32. The van der Waals surface area contributed by atoms with E-state index in [0.29, 0.717) is 23.4 Å². The summed E-state index contributed by atoms with van der Waals surface area (Å²) in [5.74, 6) is -1.74. The molecule has 2 amide bonds. The van der Waals surface area contributed by atoms with Gasteiger partial charge in [0.15, 0.2) is 0 Å². The Morgan fingerprint density at radius 2 is 1.68 bits per heavy atom. The Balaban J connectivity index is 2.44. The van der Waals surface area contributed by atoms with Gasteiger partial charge in [-0.2, -0.15) is 0 Å². The molecule has 2 aromatic rings. The van der Waals surface area contributed by atoms with Gasteiger partial charge < -0.3 is 10.2 Å². The molecule has 2 rings (SSSR count). The fraction of sp³-hybridized carbons (Fsp3) is 0.417. The number of nitrogens with zero attached hydrogens (tertiary/aromatic N) is 2. The summed E-state index contributed by atoms with van der Waals surface area (Å²) < 4.78 is 40.1. The monoisotopic (exact) mass is 511 g/mol. The van der Waals surface area contributed by atoms with Crippen molar-refractivity contribution in [2.45, 2.75) is 52.2 Å². The highest BCUT2D eigenvalue weighted by molar-refractivity contribution is 7.92. The number of halogens is 2. The van der Waals surface area contributed by atoms with Gasteiger partial charge in [-0.3, -0.25) is 13.9 Å². The molecule has 0 fully saturated rings. The number of carbonyl (C=O) groups excluding carboxylic acids is 2. The van der Waals surface area contributed by atoms with E-state index in [1.54, 1.807) is 31.2 Å². The second kappa shape index (κ2) is 12.2. The molecule has 10 heteroatoms. The van der Waals surface area contributed by atoms with Crippen molar-refractivity contribution in [2.24, 2.45) is 0 Å². The Bertz CT molecular complexity index is 1100. The largest absolute Gasteiger partial charge is 0.352 e. The van der Waals surface area contributed by atoms with Crippen LogP contribution in [0.25, 0.3) is 0 Å². The molecule has 0 aliphatic rings. The van der Waals surface area contributed by atoms with Crippen LogP contribution in [0.15, 0.2) is 48.5 Å². The van der Waals surface area contributed by atoms with Gasteiger partial charge in [-0.25, -0.2) is 12.8 Å². The van der Waals surface area contributed by atoms with Crippen molar-refractivity contribution < 1.29 is 22.4 Å². The van der Waals surface area contributed by atoms with Gasteiger partial charge in [-0.05, 0) is 49.6 Å². The lowest BCUT2D eigenvalue weighted by Gasteiger charge is -2.33. The lowest BCUT2D eigenvalue weighted by molar-refractivity contribution is -0.140. The molecule has 0 saturated carbocycles. The Morgan fingerprint density at radius 1 is 1.06 bits per heavy atom. The summed E-state index contributed by atoms with van der Waals surface area (Å²) in [6.07, 6.45) is 1.92. The molecule has 0 unspecified atom stereocenters. The van der Waals surface area contributed by atoms with Crippen LogP contribution in [0.2, 0.25) is 5.02 Å². The SMILES string of the molecule is CC[C@@H](C)NC(=O)[C@H](CC)N(Cc1ccc(Cl)cc1)C(=O)CN(c1ccccc1F)S(C)(=O)=O. The van der Waals surface area contributed by atoms with Crippen molar-refractivity contribution in [1.82, 2.24) is 10.2 Å². The van der Waals surface area contributed by atoms with Crippen LogP contribution in [0.1, 0.15) is 39.2 Å². The van der Waals surface area contributed by atoms with Gasteiger partial charge in [0.1, 0.15) is 18.4 Å². The summed E-state index contributed by atoms with van der Waals surface area (Å²) in [5.41, 5.74) is 0.478. The number of para-hydroxylation sites is 1. The number of amides is 2. The number of carbonyl (C=O) groups is 2. The lowest BCUT2D eigenvalue weighted by Crippen LogP contribution is -2.53. The van der Waals surface area contributed by atoms with Crippen molar-refractivity contribution >= 4 is 39.1 Å².